The highest BCUT2D eigenvalue weighted by Gasteiger charge is 2.09. The predicted octanol–water partition coefficient (Wildman–Crippen LogP) is 3.69. The van der Waals surface area contributed by atoms with E-state index in [9.17, 15) is 9.18 Å². The molecule has 0 saturated heterocycles. The fourth-order valence-electron chi connectivity index (χ4n) is 2.25. The number of thiazole rings is 1. The van der Waals surface area contributed by atoms with E-state index in [-0.39, 0.29) is 18.1 Å². The van der Waals surface area contributed by atoms with E-state index in [1.54, 1.807) is 12.1 Å². The smallest absolute Gasteiger partial charge is 0.226 e. The average Bonchev–Trinajstić information content (AvgIpc) is 3.08. The monoisotopic (exact) mass is 356 g/mol. The second-order valence-electron chi connectivity index (χ2n) is 5.34. The number of carbonyl (C=O) groups excluding carboxylic acids is 1. The van der Waals surface area contributed by atoms with Gasteiger partial charge in [0.15, 0.2) is 0 Å². The molecular formula is C19H17FN2O2S. The van der Waals surface area contributed by atoms with E-state index >= 15 is 0 Å². The lowest BCUT2D eigenvalue weighted by molar-refractivity contribution is -0.120. The Morgan fingerprint density at radius 2 is 2.00 bits per heavy atom. The second kappa shape index (κ2) is 8.39. The van der Waals surface area contributed by atoms with Gasteiger partial charge in [-0.3, -0.25) is 4.79 Å². The Hall–Kier alpha value is -2.73. The number of nitrogens with one attached hydrogen (secondary N) is 1. The summed E-state index contributed by atoms with van der Waals surface area (Å²) in [6.07, 6.45) is 0.192. The van der Waals surface area contributed by atoms with Crippen molar-refractivity contribution in [2.24, 2.45) is 0 Å². The van der Waals surface area contributed by atoms with E-state index < -0.39 is 0 Å². The summed E-state index contributed by atoms with van der Waals surface area (Å²) in [5.41, 5.74) is 1.39. The molecular weight excluding hydrogens is 339 g/mol. The Morgan fingerprint density at radius 1 is 1.16 bits per heavy atom. The van der Waals surface area contributed by atoms with Crippen LogP contribution >= 0.6 is 11.3 Å². The minimum Gasteiger partial charge on any atom is -0.492 e. The lowest BCUT2D eigenvalue weighted by atomic mass is 10.2. The van der Waals surface area contributed by atoms with Crippen molar-refractivity contribution in [3.05, 3.63) is 71.5 Å². The molecule has 0 bridgehead atoms. The summed E-state index contributed by atoms with van der Waals surface area (Å²) in [7, 11) is 0. The average molecular weight is 356 g/mol. The molecule has 2 aromatic carbocycles. The van der Waals surface area contributed by atoms with Crippen LogP contribution in [0.15, 0.2) is 60.0 Å². The van der Waals surface area contributed by atoms with Gasteiger partial charge in [-0.05, 0) is 24.3 Å². The molecule has 0 radical (unpaired) electrons. The molecule has 6 heteroatoms. The first-order chi connectivity index (χ1) is 12.2. The van der Waals surface area contributed by atoms with Gasteiger partial charge >= 0.3 is 0 Å². The van der Waals surface area contributed by atoms with Crippen LogP contribution in [0.5, 0.6) is 5.75 Å². The highest BCUT2D eigenvalue weighted by atomic mass is 32.1. The van der Waals surface area contributed by atoms with E-state index in [2.05, 4.69) is 10.3 Å². The van der Waals surface area contributed by atoms with Crippen molar-refractivity contribution in [1.82, 2.24) is 10.3 Å². The van der Waals surface area contributed by atoms with Crippen LogP contribution in [0.3, 0.4) is 0 Å². The van der Waals surface area contributed by atoms with Crippen LogP contribution in [-0.4, -0.2) is 24.0 Å². The first kappa shape index (κ1) is 17.1. The number of para-hydroxylation sites is 1. The summed E-state index contributed by atoms with van der Waals surface area (Å²) in [6, 6.07) is 15.7. The van der Waals surface area contributed by atoms with Crippen molar-refractivity contribution in [3.63, 3.8) is 0 Å². The number of hydrogen-bond donors (Lipinski definition) is 1. The molecule has 0 unspecified atom stereocenters. The van der Waals surface area contributed by atoms with Gasteiger partial charge in [-0.1, -0.05) is 30.3 Å². The number of amides is 1. The number of aromatic nitrogens is 1. The van der Waals surface area contributed by atoms with E-state index in [1.807, 2.05) is 35.7 Å². The summed E-state index contributed by atoms with van der Waals surface area (Å²) in [5, 5.41) is 5.32. The number of ether oxygens (including phenoxy) is 1. The molecule has 128 valence electrons. The first-order valence-electron chi connectivity index (χ1n) is 7.85. The zero-order valence-electron chi connectivity index (χ0n) is 13.4. The Morgan fingerprint density at radius 3 is 2.80 bits per heavy atom. The van der Waals surface area contributed by atoms with E-state index in [0.29, 0.717) is 29.4 Å². The molecule has 0 aliphatic heterocycles. The van der Waals surface area contributed by atoms with Gasteiger partial charge in [0.25, 0.3) is 0 Å². The summed E-state index contributed by atoms with van der Waals surface area (Å²) in [5.74, 6) is 0.356. The standard InChI is InChI=1S/C19H17FN2O2S/c20-15-6-4-5-14(11-15)19-22-16(13-25-19)12-18(23)21-9-10-24-17-7-2-1-3-8-17/h1-8,11,13H,9-10,12H2,(H,21,23). The number of carbonyl (C=O) groups is 1. The maximum atomic E-state index is 13.3. The molecule has 0 fully saturated rings. The topological polar surface area (TPSA) is 51.2 Å². The van der Waals surface area contributed by atoms with E-state index in [1.165, 1.54) is 23.5 Å². The summed E-state index contributed by atoms with van der Waals surface area (Å²) in [6.45, 7) is 0.829. The quantitative estimate of drug-likeness (QED) is 0.657. The van der Waals surface area contributed by atoms with Gasteiger partial charge < -0.3 is 10.1 Å². The third kappa shape index (κ3) is 5.12. The van der Waals surface area contributed by atoms with Crippen molar-refractivity contribution in [3.8, 4) is 16.3 Å². The Balaban J connectivity index is 1.45. The highest BCUT2D eigenvalue weighted by Crippen LogP contribution is 2.24. The number of benzene rings is 2. The van der Waals surface area contributed by atoms with Gasteiger partial charge in [-0.2, -0.15) is 0 Å². The predicted molar refractivity (Wildman–Crippen MR) is 96.2 cm³/mol. The molecule has 0 aliphatic carbocycles. The van der Waals surface area contributed by atoms with Crippen LogP contribution in [0.4, 0.5) is 4.39 Å². The minimum absolute atomic E-state index is 0.118. The molecule has 3 aromatic rings. The molecule has 1 heterocycles. The molecule has 1 N–H and O–H groups in total. The molecule has 25 heavy (non-hydrogen) atoms. The fourth-order valence-corrected chi connectivity index (χ4v) is 3.06. The molecule has 0 atom stereocenters. The molecule has 0 saturated carbocycles. The largest absolute Gasteiger partial charge is 0.492 e. The maximum Gasteiger partial charge on any atom is 0.226 e. The first-order valence-corrected chi connectivity index (χ1v) is 8.73. The van der Waals surface area contributed by atoms with Crippen molar-refractivity contribution in [2.45, 2.75) is 6.42 Å². The van der Waals surface area contributed by atoms with Gasteiger partial charge in [0.1, 0.15) is 23.2 Å². The number of rotatable bonds is 7. The summed E-state index contributed by atoms with van der Waals surface area (Å²) < 4.78 is 18.8. The number of hydrogen-bond acceptors (Lipinski definition) is 4. The SMILES string of the molecule is O=C(Cc1csc(-c2cccc(F)c2)n1)NCCOc1ccccc1. The Kier molecular flexibility index (Phi) is 5.74. The molecule has 1 aromatic heterocycles. The zero-order chi connectivity index (χ0) is 17.5. The molecule has 0 aliphatic rings. The van der Waals surface area contributed by atoms with E-state index in [4.69, 9.17) is 4.74 Å². The highest BCUT2D eigenvalue weighted by molar-refractivity contribution is 7.13. The third-order valence-electron chi connectivity index (χ3n) is 3.40. The van der Waals surface area contributed by atoms with E-state index in [0.717, 1.165) is 5.75 Å². The van der Waals surface area contributed by atoms with Gasteiger partial charge in [-0.25, -0.2) is 9.37 Å². The van der Waals surface area contributed by atoms with Crippen molar-refractivity contribution in [2.75, 3.05) is 13.2 Å². The lowest BCUT2D eigenvalue weighted by Gasteiger charge is -2.07. The Bertz CT molecular complexity index is 836. The van der Waals surface area contributed by atoms with Crippen LogP contribution < -0.4 is 10.1 Å². The van der Waals surface area contributed by atoms with Crippen molar-refractivity contribution < 1.29 is 13.9 Å². The maximum absolute atomic E-state index is 13.3. The number of halogens is 1. The summed E-state index contributed by atoms with van der Waals surface area (Å²) in [4.78, 5) is 16.4. The lowest BCUT2D eigenvalue weighted by Crippen LogP contribution is -2.29. The Labute approximate surface area is 149 Å². The van der Waals surface area contributed by atoms with Gasteiger partial charge in [0.05, 0.1) is 18.7 Å². The number of nitrogens with zero attached hydrogens (tertiary/aromatic N) is 1. The third-order valence-corrected chi connectivity index (χ3v) is 4.34. The zero-order valence-corrected chi connectivity index (χ0v) is 14.3. The van der Waals surface area contributed by atoms with Crippen LogP contribution in [-0.2, 0) is 11.2 Å². The van der Waals surface area contributed by atoms with Crippen LogP contribution in [0.1, 0.15) is 5.69 Å². The van der Waals surface area contributed by atoms with Gasteiger partial charge in [0.2, 0.25) is 5.91 Å². The van der Waals surface area contributed by atoms with Gasteiger partial charge in [0, 0.05) is 10.9 Å². The van der Waals surface area contributed by atoms with Gasteiger partial charge in [-0.15, -0.1) is 11.3 Å². The molecule has 1 amide bonds. The summed E-state index contributed by atoms with van der Waals surface area (Å²) >= 11 is 1.40. The normalized spacial score (nSPS) is 10.4. The van der Waals surface area contributed by atoms with Crippen LogP contribution in [0.25, 0.3) is 10.6 Å². The van der Waals surface area contributed by atoms with Crippen LogP contribution in [0.2, 0.25) is 0 Å². The molecule has 0 spiro atoms. The van der Waals surface area contributed by atoms with Crippen LogP contribution in [0, 0.1) is 5.82 Å². The minimum atomic E-state index is -0.301. The molecule has 3 rings (SSSR count). The van der Waals surface area contributed by atoms with Crippen molar-refractivity contribution in [1.29, 1.82) is 0 Å². The van der Waals surface area contributed by atoms with Crippen molar-refractivity contribution >= 4 is 17.2 Å². The second-order valence-corrected chi connectivity index (χ2v) is 6.20. The fraction of sp³-hybridized carbons (Fsp3) is 0.158. The molecule has 4 nitrogen and oxygen atoms in total.